The Hall–Kier alpha value is -3.19. The van der Waals surface area contributed by atoms with Crippen molar-refractivity contribution in [1.29, 1.82) is 0 Å². The molecule has 0 radical (unpaired) electrons. The molecule has 0 amide bonds. The number of aliphatic hydroxyl groups excluding tert-OH is 3. The zero-order valence-electron chi connectivity index (χ0n) is 18.4. The van der Waals surface area contributed by atoms with Crippen LogP contribution < -0.4 is 20.1 Å². The second kappa shape index (κ2) is 10.2. The lowest BCUT2D eigenvalue weighted by molar-refractivity contribution is -0.0184. The molecule has 6 N–H and O–H groups in total. The van der Waals surface area contributed by atoms with Gasteiger partial charge in [-0.3, -0.25) is 0 Å². The van der Waals surface area contributed by atoms with Crippen LogP contribution in [0.2, 0.25) is 0 Å². The van der Waals surface area contributed by atoms with Gasteiger partial charge in [-0.25, -0.2) is 4.98 Å². The zero-order chi connectivity index (χ0) is 23.4. The van der Waals surface area contributed by atoms with Crippen LogP contribution in [-0.2, 0) is 11.2 Å². The maximum absolute atomic E-state index is 10.2. The van der Waals surface area contributed by atoms with Gasteiger partial charge in [-0.2, -0.15) is 9.97 Å². The fourth-order valence-electron chi connectivity index (χ4n) is 3.74. The molecule has 1 saturated heterocycles. The molecule has 0 bridgehead atoms. The van der Waals surface area contributed by atoms with Crippen LogP contribution in [0.3, 0.4) is 0 Å². The highest BCUT2D eigenvalue weighted by atomic mass is 16.6. The van der Waals surface area contributed by atoms with E-state index in [9.17, 15) is 15.3 Å². The van der Waals surface area contributed by atoms with E-state index in [-0.39, 0.29) is 13.2 Å². The van der Waals surface area contributed by atoms with E-state index in [4.69, 9.17) is 14.2 Å². The first kappa shape index (κ1) is 23.0. The van der Waals surface area contributed by atoms with Crippen LogP contribution in [0.15, 0.2) is 24.5 Å². The smallest absolute Gasteiger partial charge is 0.226 e. The summed E-state index contributed by atoms with van der Waals surface area (Å²) in [5.74, 6) is 2.20. The van der Waals surface area contributed by atoms with Crippen molar-refractivity contribution in [1.82, 2.24) is 19.9 Å². The minimum atomic E-state index is -1.15. The summed E-state index contributed by atoms with van der Waals surface area (Å²) < 4.78 is 16.1. The highest BCUT2D eigenvalue weighted by Gasteiger charge is 2.42. The number of aromatic nitrogens is 4. The maximum atomic E-state index is 10.2. The van der Waals surface area contributed by atoms with Crippen molar-refractivity contribution in [3.8, 4) is 11.5 Å². The van der Waals surface area contributed by atoms with Crippen molar-refractivity contribution in [2.45, 2.75) is 30.8 Å². The fraction of sp³-hybridized carbons (Fsp3) is 0.476. The van der Waals surface area contributed by atoms with Crippen LogP contribution >= 0.6 is 0 Å². The second-order valence-corrected chi connectivity index (χ2v) is 7.62. The lowest BCUT2D eigenvalue weighted by atomic mass is 10.1. The molecule has 4 rings (SSSR count). The lowest BCUT2D eigenvalue weighted by Gasteiger charge is -2.16. The molecule has 1 fully saturated rings. The van der Waals surface area contributed by atoms with Gasteiger partial charge in [0.05, 0.1) is 27.2 Å². The van der Waals surface area contributed by atoms with Crippen LogP contribution in [0.1, 0.15) is 5.56 Å². The van der Waals surface area contributed by atoms with Crippen LogP contribution in [-0.4, -0.2) is 93.6 Å². The van der Waals surface area contributed by atoms with Gasteiger partial charge < -0.3 is 45.1 Å². The number of hydrogen-bond donors (Lipinski definition) is 6. The Morgan fingerprint density at radius 2 is 1.85 bits per heavy atom. The van der Waals surface area contributed by atoms with Gasteiger partial charge in [-0.15, -0.1) is 0 Å². The maximum Gasteiger partial charge on any atom is 0.226 e. The van der Waals surface area contributed by atoms with Crippen LogP contribution in [0.25, 0.3) is 11.2 Å². The van der Waals surface area contributed by atoms with E-state index in [1.165, 1.54) is 6.33 Å². The molecule has 12 heteroatoms. The van der Waals surface area contributed by atoms with E-state index in [0.717, 1.165) is 5.56 Å². The summed E-state index contributed by atoms with van der Waals surface area (Å²) in [5, 5.41) is 35.7. The Bertz CT molecular complexity index is 1080. The van der Waals surface area contributed by atoms with Crippen LogP contribution in [0.5, 0.6) is 11.5 Å². The number of nitrogens with zero attached hydrogens (tertiary/aromatic N) is 3. The SMILES string of the molecule is COc1ccc(CCNc2nc(NC[C@@H]3O[C@H](CO)[C@@H](O)[C@@H]3O)c3[nH]cnc3n2)cc1OC. The highest BCUT2D eigenvalue weighted by Crippen LogP contribution is 2.28. The molecule has 1 aliphatic rings. The van der Waals surface area contributed by atoms with E-state index in [1.807, 2.05) is 18.2 Å². The summed E-state index contributed by atoms with van der Waals surface area (Å²) in [5.41, 5.74) is 2.14. The number of anilines is 2. The third-order valence-corrected chi connectivity index (χ3v) is 5.54. The van der Waals surface area contributed by atoms with Gasteiger partial charge in [-0.1, -0.05) is 6.07 Å². The summed E-state index contributed by atoms with van der Waals surface area (Å²) in [4.78, 5) is 16.1. The number of H-pyrrole nitrogens is 1. The molecule has 4 atom stereocenters. The third kappa shape index (κ3) is 4.93. The topological polar surface area (TPSA) is 167 Å². The largest absolute Gasteiger partial charge is 0.493 e. The average molecular weight is 460 g/mol. The molecular formula is C21H28N6O6. The number of imidazole rings is 1. The minimum absolute atomic E-state index is 0.172. The first-order valence-electron chi connectivity index (χ1n) is 10.6. The number of ether oxygens (including phenoxy) is 3. The number of aliphatic hydroxyl groups is 3. The van der Waals surface area contributed by atoms with Crippen molar-refractivity contribution in [2.75, 3.05) is 44.5 Å². The average Bonchev–Trinajstić information content (AvgIpc) is 3.42. The van der Waals surface area contributed by atoms with Crippen molar-refractivity contribution < 1.29 is 29.5 Å². The predicted octanol–water partition coefficient (Wildman–Crippen LogP) is -0.0819. The quantitative estimate of drug-likeness (QED) is 0.239. The van der Waals surface area contributed by atoms with Crippen molar-refractivity contribution in [2.24, 2.45) is 0 Å². The van der Waals surface area contributed by atoms with E-state index < -0.39 is 24.4 Å². The van der Waals surface area contributed by atoms with Crippen molar-refractivity contribution in [3.63, 3.8) is 0 Å². The van der Waals surface area contributed by atoms with E-state index >= 15 is 0 Å². The molecule has 0 spiro atoms. The Kier molecular flexibility index (Phi) is 7.08. The molecule has 0 aliphatic carbocycles. The first-order chi connectivity index (χ1) is 16.0. The van der Waals surface area contributed by atoms with Crippen LogP contribution in [0, 0.1) is 0 Å². The van der Waals surface area contributed by atoms with Crippen LogP contribution in [0.4, 0.5) is 11.8 Å². The highest BCUT2D eigenvalue weighted by molar-refractivity contribution is 5.83. The molecule has 2 aromatic heterocycles. The van der Waals surface area contributed by atoms with Gasteiger partial charge in [-0.05, 0) is 24.1 Å². The summed E-state index contributed by atoms with van der Waals surface area (Å²) >= 11 is 0. The number of rotatable bonds is 10. The molecule has 0 saturated carbocycles. The van der Waals surface area contributed by atoms with Gasteiger partial charge >= 0.3 is 0 Å². The Morgan fingerprint density at radius 3 is 2.58 bits per heavy atom. The number of hydrogen-bond acceptors (Lipinski definition) is 11. The Morgan fingerprint density at radius 1 is 1.06 bits per heavy atom. The van der Waals surface area contributed by atoms with Crippen molar-refractivity contribution in [3.05, 3.63) is 30.1 Å². The third-order valence-electron chi connectivity index (χ3n) is 5.54. The molecule has 33 heavy (non-hydrogen) atoms. The standard InChI is InChI=1S/C21H28N6O6/c1-31-12-4-3-11(7-13(12)32-2)5-6-22-21-26-19(16-20(27-21)25-10-24-16)23-8-14-17(29)18(30)15(9-28)33-14/h3-4,7,10,14-15,17-18,28-30H,5-6,8-9H2,1-2H3,(H3,22,23,24,25,26,27)/t14-,15+,17+,18+/m0/s1. The second-order valence-electron chi connectivity index (χ2n) is 7.62. The summed E-state index contributed by atoms with van der Waals surface area (Å²) in [6, 6.07) is 5.75. The molecule has 178 valence electrons. The van der Waals surface area contributed by atoms with Gasteiger partial charge in [0.25, 0.3) is 0 Å². The lowest BCUT2D eigenvalue weighted by Crippen LogP contribution is -2.36. The number of aromatic amines is 1. The first-order valence-corrected chi connectivity index (χ1v) is 10.6. The van der Waals surface area contributed by atoms with Gasteiger partial charge in [0.2, 0.25) is 5.95 Å². The monoisotopic (exact) mass is 460 g/mol. The number of benzene rings is 1. The predicted molar refractivity (Wildman–Crippen MR) is 120 cm³/mol. The molecule has 1 aromatic carbocycles. The summed E-state index contributed by atoms with van der Waals surface area (Å²) in [6.07, 6.45) is -1.57. The molecule has 1 aliphatic heterocycles. The molecular weight excluding hydrogens is 432 g/mol. The normalized spacial score (nSPS) is 22.5. The fourth-order valence-corrected chi connectivity index (χ4v) is 3.74. The van der Waals surface area contributed by atoms with E-state index in [2.05, 4.69) is 30.6 Å². The molecule has 3 aromatic rings. The zero-order valence-corrected chi connectivity index (χ0v) is 18.4. The van der Waals surface area contributed by atoms with Gasteiger partial charge in [0.15, 0.2) is 23.0 Å². The summed E-state index contributed by atoms with van der Waals surface area (Å²) in [6.45, 7) is 0.367. The molecule has 0 unspecified atom stereocenters. The molecule has 3 heterocycles. The summed E-state index contributed by atoms with van der Waals surface area (Å²) in [7, 11) is 3.20. The number of fused-ring (bicyclic) bond motifs is 1. The van der Waals surface area contributed by atoms with E-state index in [1.54, 1.807) is 14.2 Å². The van der Waals surface area contributed by atoms with Crippen molar-refractivity contribution >= 4 is 22.9 Å². The van der Waals surface area contributed by atoms with Gasteiger partial charge in [0, 0.05) is 13.1 Å². The number of nitrogens with one attached hydrogen (secondary N) is 3. The Labute approximate surface area is 190 Å². The molecule has 12 nitrogen and oxygen atoms in total. The van der Waals surface area contributed by atoms with E-state index in [0.29, 0.717) is 47.4 Å². The Balaban J connectivity index is 1.41. The van der Waals surface area contributed by atoms with Gasteiger partial charge in [0.1, 0.15) is 29.9 Å². The number of methoxy groups -OCH3 is 2. The minimum Gasteiger partial charge on any atom is -0.493 e.